The van der Waals surface area contributed by atoms with Crippen molar-refractivity contribution < 1.29 is 14.3 Å². The largest absolute Gasteiger partial charge is 0.497 e. The Morgan fingerprint density at radius 3 is 2.58 bits per heavy atom. The zero-order chi connectivity index (χ0) is 23.8. The van der Waals surface area contributed by atoms with Crippen molar-refractivity contribution in [1.29, 1.82) is 0 Å². The predicted octanol–water partition coefficient (Wildman–Crippen LogP) is 4.95. The van der Waals surface area contributed by atoms with E-state index in [1.54, 1.807) is 7.11 Å². The van der Waals surface area contributed by atoms with E-state index in [2.05, 4.69) is 26.1 Å². The van der Waals surface area contributed by atoms with Crippen molar-refractivity contribution in [3.05, 3.63) is 54.1 Å². The number of hydrogen-bond donors (Lipinski definition) is 3. The minimum atomic E-state index is -0.729. The highest BCUT2D eigenvalue weighted by molar-refractivity contribution is 7.18. The van der Waals surface area contributed by atoms with Crippen LogP contribution < -0.4 is 20.7 Å². The van der Waals surface area contributed by atoms with Gasteiger partial charge in [0.05, 0.1) is 7.11 Å². The molecule has 0 aliphatic rings. The average molecular weight is 468 g/mol. The highest BCUT2D eigenvalue weighted by atomic mass is 32.1. The van der Waals surface area contributed by atoms with Gasteiger partial charge in [-0.25, -0.2) is 4.79 Å². The van der Waals surface area contributed by atoms with Gasteiger partial charge in [0.2, 0.25) is 11.0 Å². The van der Waals surface area contributed by atoms with Crippen molar-refractivity contribution in [3.63, 3.8) is 0 Å². The van der Waals surface area contributed by atoms with Crippen molar-refractivity contribution in [1.82, 2.24) is 15.5 Å². The number of rotatable bonds is 9. The lowest BCUT2D eigenvalue weighted by Crippen LogP contribution is -2.49. The summed E-state index contributed by atoms with van der Waals surface area (Å²) in [4.78, 5) is 25.7. The van der Waals surface area contributed by atoms with Crippen molar-refractivity contribution in [2.45, 2.75) is 39.7 Å². The molecule has 0 aliphatic heterocycles. The first kappa shape index (κ1) is 24.2. The van der Waals surface area contributed by atoms with E-state index in [1.165, 1.54) is 11.3 Å². The molecule has 3 aromatic rings. The molecule has 3 amide bonds. The van der Waals surface area contributed by atoms with Gasteiger partial charge < -0.3 is 15.4 Å². The number of ether oxygens (including phenoxy) is 1. The lowest BCUT2D eigenvalue weighted by Gasteiger charge is -2.23. The number of carbonyl (C=O) groups is 2. The molecule has 0 saturated carbocycles. The van der Waals surface area contributed by atoms with Crippen LogP contribution in [0.4, 0.5) is 15.6 Å². The summed E-state index contributed by atoms with van der Waals surface area (Å²) in [5.41, 5.74) is 2.60. The zero-order valence-electron chi connectivity index (χ0n) is 19.2. The molecule has 1 heterocycles. The number of amides is 3. The van der Waals surface area contributed by atoms with Crippen molar-refractivity contribution >= 4 is 34.1 Å². The standard InChI is InChI=1S/C24H29N5O3S/c1-5-15(3)20(26-23(31)25-19-13-8-7-10-16(19)6-2)21(30)27-24-29-28-22(33-24)17-11-9-12-18(14-17)32-4/h7-15,20H,5-6H2,1-4H3,(H2,25,26,31)(H,27,29,30). The summed E-state index contributed by atoms with van der Waals surface area (Å²) in [5, 5.41) is 17.8. The van der Waals surface area contributed by atoms with Crippen molar-refractivity contribution in [3.8, 4) is 16.3 Å². The summed E-state index contributed by atoms with van der Waals surface area (Å²) in [6, 6.07) is 13.9. The summed E-state index contributed by atoms with van der Waals surface area (Å²) in [6.07, 6.45) is 1.51. The molecule has 0 aliphatic carbocycles. The third-order valence-corrected chi connectivity index (χ3v) is 6.29. The summed E-state index contributed by atoms with van der Waals surface area (Å²) in [7, 11) is 1.60. The van der Waals surface area contributed by atoms with Gasteiger partial charge in [-0.1, -0.05) is 68.9 Å². The molecule has 33 heavy (non-hydrogen) atoms. The van der Waals surface area contributed by atoms with Gasteiger partial charge in [-0.3, -0.25) is 10.1 Å². The first-order valence-corrected chi connectivity index (χ1v) is 11.7. The molecule has 9 heteroatoms. The third kappa shape index (κ3) is 6.29. The summed E-state index contributed by atoms with van der Waals surface area (Å²) < 4.78 is 5.25. The van der Waals surface area contributed by atoms with Crippen LogP contribution in [0.1, 0.15) is 32.8 Å². The third-order valence-electron chi connectivity index (χ3n) is 5.40. The molecule has 2 unspecified atom stereocenters. The maximum Gasteiger partial charge on any atom is 0.319 e. The number of nitrogens with one attached hydrogen (secondary N) is 3. The molecule has 174 valence electrons. The van der Waals surface area contributed by atoms with Gasteiger partial charge in [-0.15, -0.1) is 10.2 Å². The second kappa shape index (κ2) is 11.4. The summed E-state index contributed by atoms with van der Waals surface area (Å²) in [6.45, 7) is 5.92. The minimum Gasteiger partial charge on any atom is -0.497 e. The van der Waals surface area contributed by atoms with Gasteiger partial charge in [0, 0.05) is 11.3 Å². The molecule has 8 nitrogen and oxygen atoms in total. The van der Waals surface area contributed by atoms with E-state index >= 15 is 0 Å². The van der Waals surface area contributed by atoms with E-state index in [0.29, 0.717) is 15.9 Å². The number of aryl methyl sites for hydroxylation is 1. The second-order valence-corrected chi connectivity index (χ2v) is 8.58. The van der Waals surface area contributed by atoms with Crippen LogP contribution in [0.25, 0.3) is 10.6 Å². The molecule has 0 saturated heterocycles. The SMILES string of the molecule is CCc1ccccc1NC(=O)NC(C(=O)Nc1nnc(-c2cccc(OC)c2)s1)C(C)CC. The van der Waals surface area contributed by atoms with Gasteiger partial charge in [-0.05, 0) is 36.1 Å². The Labute approximate surface area is 197 Å². The van der Waals surface area contributed by atoms with Crippen LogP contribution in [-0.2, 0) is 11.2 Å². The number of anilines is 2. The van der Waals surface area contributed by atoms with Crippen LogP contribution in [0.5, 0.6) is 5.75 Å². The molecule has 3 rings (SSSR count). The van der Waals surface area contributed by atoms with E-state index in [0.717, 1.165) is 29.7 Å². The van der Waals surface area contributed by atoms with E-state index in [1.807, 2.05) is 69.3 Å². The van der Waals surface area contributed by atoms with Gasteiger partial charge in [-0.2, -0.15) is 0 Å². The Balaban J connectivity index is 1.69. The number of nitrogens with zero attached hydrogens (tertiary/aromatic N) is 2. The fourth-order valence-electron chi connectivity index (χ4n) is 3.28. The molecular formula is C24H29N5O3S. The van der Waals surface area contributed by atoms with Gasteiger partial charge in [0.15, 0.2) is 0 Å². The fraction of sp³-hybridized carbons (Fsp3) is 0.333. The van der Waals surface area contributed by atoms with E-state index in [9.17, 15) is 9.59 Å². The first-order chi connectivity index (χ1) is 15.9. The molecule has 0 bridgehead atoms. The monoisotopic (exact) mass is 467 g/mol. The number of para-hydroxylation sites is 1. The topological polar surface area (TPSA) is 105 Å². The molecule has 0 spiro atoms. The summed E-state index contributed by atoms with van der Waals surface area (Å²) >= 11 is 1.26. The highest BCUT2D eigenvalue weighted by Gasteiger charge is 2.27. The number of urea groups is 1. The Hall–Kier alpha value is -3.46. The Kier molecular flexibility index (Phi) is 8.37. The molecule has 2 aromatic carbocycles. The average Bonchev–Trinajstić information content (AvgIpc) is 3.30. The Morgan fingerprint density at radius 2 is 1.85 bits per heavy atom. The fourth-order valence-corrected chi connectivity index (χ4v) is 4.02. The van der Waals surface area contributed by atoms with Crippen molar-refractivity contribution in [2.75, 3.05) is 17.7 Å². The lowest BCUT2D eigenvalue weighted by molar-refractivity contribution is -0.119. The van der Waals surface area contributed by atoms with Crippen molar-refractivity contribution in [2.24, 2.45) is 5.92 Å². The zero-order valence-corrected chi connectivity index (χ0v) is 20.0. The predicted molar refractivity (Wildman–Crippen MR) is 132 cm³/mol. The molecular weight excluding hydrogens is 438 g/mol. The number of methoxy groups -OCH3 is 1. The normalized spacial score (nSPS) is 12.5. The van der Waals surface area contributed by atoms with Crippen LogP contribution in [0.3, 0.4) is 0 Å². The quantitative estimate of drug-likeness (QED) is 0.413. The van der Waals surface area contributed by atoms with Gasteiger partial charge in [0.25, 0.3) is 0 Å². The minimum absolute atomic E-state index is 0.0806. The number of hydrogen-bond acceptors (Lipinski definition) is 6. The highest BCUT2D eigenvalue weighted by Crippen LogP contribution is 2.29. The number of aromatic nitrogens is 2. The smallest absolute Gasteiger partial charge is 0.319 e. The van der Waals surface area contributed by atoms with E-state index < -0.39 is 12.1 Å². The maximum atomic E-state index is 13.0. The van der Waals surface area contributed by atoms with Gasteiger partial charge >= 0.3 is 6.03 Å². The van der Waals surface area contributed by atoms with Crippen LogP contribution in [-0.4, -0.2) is 35.3 Å². The Morgan fingerprint density at radius 1 is 1.06 bits per heavy atom. The lowest BCUT2D eigenvalue weighted by atomic mass is 9.98. The first-order valence-electron chi connectivity index (χ1n) is 10.9. The van der Waals surface area contributed by atoms with Crippen LogP contribution in [0.15, 0.2) is 48.5 Å². The second-order valence-electron chi connectivity index (χ2n) is 7.61. The number of carbonyl (C=O) groups excluding carboxylic acids is 2. The van der Waals surface area contributed by atoms with Crippen LogP contribution in [0.2, 0.25) is 0 Å². The van der Waals surface area contributed by atoms with E-state index in [4.69, 9.17) is 4.74 Å². The molecule has 3 N–H and O–H groups in total. The maximum absolute atomic E-state index is 13.0. The molecule has 0 fully saturated rings. The van der Waals surface area contributed by atoms with E-state index in [-0.39, 0.29) is 11.8 Å². The Bertz CT molecular complexity index is 1100. The van der Waals surface area contributed by atoms with Crippen LogP contribution in [0, 0.1) is 5.92 Å². The molecule has 0 radical (unpaired) electrons. The molecule has 1 aromatic heterocycles. The number of benzene rings is 2. The molecule has 2 atom stereocenters. The van der Waals surface area contributed by atoms with Gasteiger partial charge in [0.1, 0.15) is 16.8 Å². The summed E-state index contributed by atoms with van der Waals surface area (Å²) in [5.74, 6) is 0.296. The van der Waals surface area contributed by atoms with Crippen LogP contribution >= 0.6 is 11.3 Å².